The van der Waals surface area contributed by atoms with Gasteiger partial charge in [-0.3, -0.25) is 4.99 Å². The summed E-state index contributed by atoms with van der Waals surface area (Å²) in [7, 11) is 0. The minimum Gasteiger partial charge on any atom is -0.359 e. The summed E-state index contributed by atoms with van der Waals surface area (Å²) < 4.78 is 0. The molecule has 1 rings (SSSR count). The molecule has 2 atom stereocenters. The second-order valence-electron chi connectivity index (χ2n) is 3.04. The van der Waals surface area contributed by atoms with E-state index in [0.717, 1.165) is 13.1 Å². The molecule has 0 spiro atoms. The average molecular weight is 141 g/mol. The molecule has 0 amide bonds. The van der Waals surface area contributed by atoms with E-state index in [4.69, 9.17) is 5.73 Å². The molecule has 2 N–H and O–H groups in total. The summed E-state index contributed by atoms with van der Waals surface area (Å²) in [6.45, 7) is 6.07. The lowest BCUT2D eigenvalue weighted by molar-refractivity contribution is 0.412. The lowest BCUT2D eigenvalue weighted by Gasteiger charge is -2.16. The Kier molecular flexibility index (Phi) is 2.27. The second kappa shape index (κ2) is 3.01. The van der Waals surface area contributed by atoms with Crippen molar-refractivity contribution in [2.24, 2.45) is 10.7 Å². The van der Waals surface area contributed by atoms with Gasteiger partial charge < -0.3 is 10.6 Å². The van der Waals surface area contributed by atoms with E-state index in [1.165, 1.54) is 0 Å². The molecule has 58 valence electrons. The molecule has 0 aromatic carbocycles. The third kappa shape index (κ3) is 1.99. The highest BCUT2D eigenvalue weighted by Gasteiger charge is 2.12. The largest absolute Gasteiger partial charge is 0.359 e. The number of hydrogen-bond acceptors (Lipinski definition) is 3. The highest BCUT2D eigenvalue weighted by Crippen LogP contribution is 2.01. The molecule has 0 bridgehead atoms. The molecular formula is C7H15N3. The number of rotatable bonds is 2. The Hall–Kier alpha value is -0.570. The van der Waals surface area contributed by atoms with Crippen molar-refractivity contribution in [2.75, 3.05) is 13.1 Å². The number of aliphatic imine (C=N–C) groups is 1. The van der Waals surface area contributed by atoms with Crippen LogP contribution in [-0.2, 0) is 0 Å². The Balaban J connectivity index is 2.26. The number of hydrogen-bond donors (Lipinski definition) is 1. The first kappa shape index (κ1) is 7.54. The van der Waals surface area contributed by atoms with E-state index < -0.39 is 0 Å². The van der Waals surface area contributed by atoms with E-state index in [1.807, 2.05) is 13.3 Å². The van der Waals surface area contributed by atoms with Crippen LogP contribution in [0, 0.1) is 0 Å². The standard InChI is InChI=1S/C7H15N3/c1-6(8)3-10-4-7(2)9-5-10/h5-7H,3-4,8H2,1-2H3/t6-,7+/m0/s1. The van der Waals surface area contributed by atoms with Gasteiger partial charge in [0.05, 0.1) is 12.4 Å². The predicted molar refractivity (Wildman–Crippen MR) is 43.2 cm³/mol. The molecule has 0 unspecified atom stereocenters. The van der Waals surface area contributed by atoms with E-state index in [2.05, 4.69) is 16.8 Å². The Morgan fingerprint density at radius 1 is 1.90 bits per heavy atom. The van der Waals surface area contributed by atoms with Crippen LogP contribution in [-0.4, -0.2) is 36.4 Å². The minimum absolute atomic E-state index is 0.247. The number of nitrogens with two attached hydrogens (primary N) is 1. The van der Waals surface area contributed by atoms with Crippen LogP contribution < -0.4 is 5.73 Å². The predicted octanol–water partition coefficient (Wildman–Crippen LogP) is 0.0660. The normalized spacial score (nSPS) is 27.5. The van der Waals surface area contributed by atoms with Crippen molar-refractivity contribution in [3.05, 3.63) is 0 Å². The molecule has 0 aromatic rings. The Bertz CT molecular complexity index is 131. The van der Waals surface area contributed by atoms with Gasteiger partial charge in [0.15, 0.2) is 0 Å². The van der Waals surface area contributed by atoms with Crippen molar-refractivity contribution in [3.8, 4) is 0 Å². The summed E-state index contributed by atoms with van der Waals surface area (Å²) >= 11 is 0. The van der Waals surface area contributed by atoms with Gasteiger partial charge in [0.25, 0.3) is 0 Å². The Morgan fingerprint density at radius 3 is 3.00 bits per heavy atom. The molecule has 0 aliphatic carbocycles. The van der Waals surface area contributed by atoms with E-state index in [9.17, 15) is 0 Å². The lowest BCUT2D eigenvalue weighted by atomic mass is 10.3. The van der Waals surface area contributed by atoms with Gasteiger partial charge in [-0.1, -0.05) is 0 Å². The van der Waals surface area contributed by atoms with E-state index in [0.29, 0.717) is 6.04 Å². The van der Waals surface area contributed by atoms with Gasteiger partial charge in [0, 0.05) is 19.1 Å². The van der Waals surface area contributed by atoms with Gasteiger partial charge in [-0.2, -0.15) is 0 Å². The van der Waals surface area contributed by atoms with Gasteiger partial charge in [0.1, 0.15) is 0 Å². The van der Waals surface area contributed by atoms with Crippen molar-refractivity contribution in [2.45, 2.75) is 25.9 Å². The highest BCUT2D eigenvalue weighted by atomic mass is 15.2. The minimum atomic E-state index is 0.247. The van der Waals surface area contributed by atoms with Crippen LogP contribution in [0.3, 0.4) is 0 Å². The fourth-order valence-corrected chi connectivity index (χ4v) is 1.13. The van der Waals surface area contributed by atoms with Crippen LogP contribution in [0.5, 0.6) is 0 Å². The van der Waals surface area contributed by atoms with Crippen molar-refractivity contribution in [3.63, 3.8) is 0 Å². The van der Waals surface area contributed by atoms with Crippen molar-refractivity contribution >= 4 is 6.34 Å². The maximum Gasteiger partial charge on any atom is 0.0855 e. The molecule has 10 heavy (non-hydrogen) atoms. The summed E-state index contributed by atoms with van der Waals surface area (Å²) in [4.78, 5) is 6.38. The maximum atomic E-state index is 5.61. The zero-order chi connectivity index (χ0) is 7.56. The van der Waals surface area contributed by atoms with Gasteiger partial charge in [-0.05, 0) is 13.8 Å². The number of nitrogens with zero attached hydrogens (tertiary/aromatic N) is 2. The quantitative estimate of drug-likeness (QED) is 0.591. The first-order valence-electron chi connectivity index (χ1n) is 3.71. The smallest absolute Gasteiger partial charge is 0.0855 e. The lowest BCUT2D eigenvalue weighted by Crippen LogP contribution is -2.34. The van der Waals surface area contributed by atoms with Crippen molar-refractivity contribution in [1.29, 1.82) is 0 Å². The van der Waals surface area contributed by atoms with Gasteiger partial charge in [0.2, 0.25) is 0 Å². The van der Waals surface area contributed by atoms with Gasteiger partial charge in [-0.15, -0.1) is 0 Å². The first-order chi connectivity index (χ1) is 4.68. The third-order valence-corrected chi connectivity index (χ3v) is 1.51. The van der Waals surface area contributed by atoms with Crippen molar-refractivity contribution in [1.82, 2.24) is 4.90 Å². The van der Waals surface area contributed by atoms with Crippen molar-refractivity contribution < 1.29 is 0 Å². The summed E-state index contributed by atoms with van der Waals surface area (Å²) in [6, 6.07) is 0.704. The van der Waals surface area contributed by atoms with E-state index in [1.54, 1.807) is 0 Å². The fourth-order valence-electron chi connectivity index (χ4n) is 1.13. The highest BCUT2D eigenvalue weighted by molar-refractivity contribution is 5.57. The zero-order valence-corrected chi connectivity index (χ0v) is 6.62. The van der Waals surface area contributed by atoms with E-state index in [-0.39, 0.29) is 6.04 Å². The summed E-state index contributed by atoms with van der Waals surface area (Å²) in [5.74, 6) is 0. The second-order valence-corrected chi connectivity index (χ2v) is 3.04. The van der Waals surface area contributed by atoms with Crippen LogP contribution in [0.4, 0.5) is 0 Å². The maximum absolute atomic E-state index is 5.61. The fraction of sp³-hybridized carbons (Fsp3) is 0.857. The van der Waals surface area contributed by atoms with Gasteiger partial charge >= 0.3 is 0 Å². The summed E-state index contributed by atoms with van der Waals surface area (Å²) in [5.41, 5.74) is 5.61. The molecule has 1 heterocycles. The average Bonchev–Trinajstić information content (AvgIpc) is 2.13. The van der Waals surface area contributed by atoms with Crippen LogP contribution >= 0.6 is 0 Å². The molecule has 0 saturated carbocycles. The molecule has 3 heteroatoms. The van der Waals surface area contributed by atoms with Gasteiger partial charge in [-0.25, -0.2) is 0 Å². The van der Waals surface area contributed by atoms with Crippen LogP contribution in [0.15, 0.2) is 4.99 Å². The molecule has 1 aliphatic rings. The summed E-state index contributed by atoms with van der Waals surface area (Å²) in [5, 5.41) is 0. The third-order valence-electron chi connectivity index (χ3n) is 1.51. The van der Waals surface area contributed by atoms with Crippen LogP contribution in [0.25, 0.3) is 0 Å². The zero-order valence-electron chi connectivity index (χ0n) is 6.62. The summed E-state index contributed by atoms with van der Waals surface area (Å²) in [6.07, 6.45) is 1.90. The monoisotopic (exact) mass is 141 g/mol. The molecule has 0 radical (unpaired) electrons. The molecule has 0 saturated heterocycles. The molecule has 0 fully saturated rings. The first-order valence-corrected chi connectivity index (χ1v) is 3.71. The van der Waals surface area contributed by atoms with Crippen LogP contribution in [0.1, 0.15) is 13.8 Å². The SMILES string of the molecule is C[C@H](N)CN1C=N[C@H](C)C1. The molecule has 0 aromatic heterocycles. The Labute approximate surface area is 61.9 Å². The van der Waals surface area contributed by atoms with E-state index >= 15 is 0 Å². The molecular weight excluding hydrogens is 126 g/mol. The Morgan fingerprint density at radius 2 is 2.60 bits per heavy atom. The van der Waals surface area contributed by atoms with Crippen LogP contribution in [0.2, 0.25) is 0 Å². The molecule has 3 nitrogen and oxygen atoms in total. The molecule has 1 aliphatic heterocycles. The topological polar surface area (TPSA) is 41.6 Å².